The molecule has 0 fully saturated rings. The first-order valence-electron chi connectivity index (χ1n) is 14.4. The summed E-state index contributed by atoms with van der Waals surface area (Å²) in [5.74, 6) is -0.403. The number of nitrogens with one attached hydrogen (secondary N) is 1. The van der Waals surface area contributed by atoms with Crippen LogP contribution >= 0.6 is 11.6 Å². The highest BCUT2D eigenvalue weighted by Gasteiger charge is 2.30. The van der Waals surface area contributed by atoms with Crippen LogP contribution in [0.3, 0.4) is 0 Å². The Bertz CT molecular complexity index is 1450. The van der Waals surface area contributed by atoms with Gasteiger partial charge in [0.25, 0.3) is 0 Å². The minimum absolute atomic E-state index is 0.0744. The Morgan fingerprint density at radius 2 is 1.62 bits per heavy atom. The summed E-state index contributed by atoms with van der Waals surface area (Å²) >= 11 is 6.28. The molecule has 1 atom stereocenters. The highest BCUT2D eigenvalue weighted by Crippen LogP contribution is 2.28. The van der Waals surface area contributed by atoms with Gasteiger partial charge in [-0.3, -0.25) is 13.9 Å². The summed E-state index contributed by atoms with van der Waals surface area (Å²) in [4.78, 5) is 29.2. The molecule has 0 radical (unpaired) electrons. The maximum Gasteiger partial charge on any atom is 0.243 e. The Morgan fingerprint density at radius 1 is 0.929 bits per heavy atom. The number of halogens is 1. The van der Waals surface area contributed by atoms with Crippen LogP contribution in [0, 0.1) is 13.8 Å². The molecule has 0 aliphatic heterocycles. The van der Waals surface area contributed by atoms with Crippen molar-refractivity contribution in [1.29, 1.82) is 0 Å². The van der Waals surface area contributed by atoms with Crippen molar-refractivity contribution in [3.8, 4) is 0 Å². The molecule has 0 unspecified atom stereocenters. The number of rotatable bonds is 15. The van der Waals surface area contributed by atoms with Crippen LogP contribution in [-0.4, -0.2) is 50.5 Å². The number of carbonyl (C=O) groups is 2. The molecule has 3 aromatic rings. The standard InChI is InChI=1S/C33H42ClN3O4S/c1-5-6-20-35-33(39)31(23-27-14-8-7-9-15-27)36(24-28-16-10-13-25(2)22-28)32(38)19-12-21-37(42(4,40)41)30-18-11-17-29(34)26(30)3/h7-11,13-18,22,31H,5-6,12,19-21,23-24H2,1-4H3,(H,35,39)/t31-/m1/s1. The summed E-state index contributed by atoms with van der Waals surface area (Å²) in [6.45, 7) is 6.74. The minimum atomic E-state index is -3.63. The van der Waals surface area contributed by atoms with Crippen molar-refractivity contribution in [3.63, 3.8) is 0 Å². The number of amides is 2. The van der Waals surface area contributed by atoms with E-state index in [1.165, 1.54) is 4.31 Å². The highest BCUT2D eigenvalue weighted by atomic mass is 35.5. The second-order valence-corrected chi connectivity index (χ2v) is 13.0. The third-order valence-corrected chi connectivity index (χ3v) is 8.79. The first kappa shape index (κ1) is 33.1. The van der Waals surface area contributed by atoms with Crippen molar-refractivity contribution in [2.45, 2.75) is 65.5 Å². The van der Waals surface area contributed by atoms with E-state index in [-0.39, 0.29) is 37.7 Å². The van der Waals surface area contributed by atoms with Crippen LogP contribution in [0.1, 0.15) is 54.9 Å². The van der Waals surface area contributed by atoms with Gasteiger partial charge in [0.1, 0.15) is 6.04 Å². The van der Waals surface area contributed by atoms with Gasteiger partial charge in [-0.1, -0.05) is 91.2 Å². The zero-order chi connectivity index (χ0) is 30.7. The fourth-order valence-corrected chi connectivity index (χ4v) is 6.10. The molecular formula is C33H42ClN3O4S. The van der Waals surface area contributed by atoms with E-state index in [4.69, 9.17) is 11.6 Å². The lowest BCUT2D eigenvalue weighted by Gasteiger charge is -2.32. The largest absolute Gasteiger partial charge is 0.354 e. The molecule has 0 aliphatic rings. The summed E-state index contributed by atoms with van der Waals surface area (Å²) < 4.78 is 26.8. The van der Waals surface area contributed by atoms with E-state index in [0.717, 1.165) is 35.8 Å². The van der Waals surface area contributed by atoms with Gasteiger partial charge in [0.05, 0.1) is 11.9 Å². The molecule has 0 aromatic heterocycles. The van der Waals surface area contributed by atoms with E-state index in [0.29, 0.717) is 29.2 Å². The monoisotopic (exact) mass is 611 g/mol. The molecule has 0 spiro atoms. The summed E-state index contributed by atoms with van der Waals surface area (Å²) in [5.41, 5.74) is 4.09. The number of hydrogen-bond acceptors (Lipinski definition) is 4. The third kappa shape index (κ3) is 9.60. The highest BCUT2D eigenvalue weighted by molar-refractivity contribution is 7.92. The van der Waals surface area contributed by atoms with Crippen LogP contribution in [0.2, 0.25) is 5.02 Å². The van der Waals surface area contributed by atoms with Gasteiger partial charge in [0.15, 0.2) is 0 Å². The fourth-order valence-electron chi connectivity index (χ4n) is 4.92. The number of hydrogen-bond donors (Lipinski definition) is 1. The quantitative estimate of drug-likeness (QED) is 0.212. The Labute approximate surface area is 255 Å². The maximum absolute atomic E-state index is 13.9. The molecule has 9 heteroatoms. The van der Waals surface area contributed by atoms with Gasteiger partial charge in [-0.2, -0.15) is 0 Å². The number of benzene rings is 3. The molecule has 3 aromatic carbocycles. The van der Waals surface area contributed by atoms with E-state index < -0.39 is 16.1 Å². The van der Waals surface area contributed by atoms with Gasteiger partial charge in [0.2, 0.25) is 21.8 Å². The zero-order valence-electron chi connectivity index (χ0n) is 25.0. The van der Waals surface area contributed by atoms with Gasteiger partial charge >= 0.3 is 0 Å². The van der Waals surface area contributed by atoms with Crippen LogP contribution in [0.5, 0.6) is 0 Å². The molecular weight excluding hydrogens is 570 g/mol. The maximum atomic E-state index is 13.9. The van der Waals surface area contributed by atoms with E-state index in [9.17, 15) is 18.0 Å². The topological polar surface area (TPSA) is 86.8 Å². The fraction of sp³-hybridized carbons (Fsp3) is 0.394. The molecule has 1 N–H and O–H groups in total. The van der Waals surface area contributed by atoms with E-state index >= 15 is 0 Å². The Morgan fingerprint density at radius 3 is 2.29 bits per heavy atom. The molecule has 226 valence electrons. The lowest BCUT2D eigenvalue weighted by Crippen LogP contribution is -2.50. The van der Waals surface area contributed by atoms with Gasteiger partial charge in [-0.15, -0.1) is 0 Å². The summed E-state index contributed by atoms with van der Waals surface area (Å²) in [7, 11) is -3.63. The molecule has 0 heterocycles. The minimum Gasteiger partial charge on any atom is -0.354 e. The molecule has 3 rings (SSSR count). The number of anilines is 1. The Kier molecular flexibility index (Phi) is 12.4. The van der Waals surface area contributed by atoms with Gasteiger partial charge in [-0.05, 0) is 55.5 Å². The van der Waals surface area contributed by atoms with E-state index in [1.54, 1.807) is 30.0 Å². The Balaban J connectivity index is 1.89. The molecule has 0 aliphatic carbocycles. The molecule has 0 bridgehead atoms. The normalized spacial score (nSPS) is 12.0. The summed E-state index contributed by atoms with van der Waals surface area (Å²) in [6, 6.07) is 22.0. The van der Waals surface area contributed by atoms with Crippen LogP contribution in [0.25, 0.3) is 0 Å². The zero-order valence-corrected chi connectivity index (χ0v) is 26.5. The second kappa shape index (κ2) is 15.8. The van der Waals surface area contributed by atoms with Crippen molar-refractivity contribution in [1.82, 2.24) is 10.2 Å². The van der Waals surface area contributed by atoms with Crippen molar-refractivity contribution in [3.05, 3.63) is 100 Å². The number of unbranched alkanes of at least 4 members (excludes halogenated alkanes) is 1. The van der Waals surface area contributed by atoms with Crippen LogP contribution < -0.4 is 9.62 Å². The lowest BCUT2D eigenvalue weighted by atomic mass is 10.0. The van der Waals surface area contributed by atoms with E-state index in [2.05, 4.69) is 12.2 Å². The second-order valence-electron chi connectivity index (χ2n) is 10.7. The predicted octanol–water partition coefficient (Wildman–Crippen LogP) is 6.06. The van der Waals surface area contributed by atoms with Crippen LogP contribution in [-0.2, 0) is 32.6 Å². The molecule has 2 amide bonds. The number of aryl methyl sites for hydroxylation is 1. The lowest BCUT2D eigenvalue weighted by molar-refractivity contribution is -0.141. The van der Waals surface area contributed by atoms with Gasteiger partial charge in [0, 0.05) is 37.5 Å². The van der Waals surface area contributed by atoms with Crippen molar-refractivity contribution >= 4 is 39.1 Å². The van der Waals surface area contributed by atoms with Gasteiger partial charge in [-0.25, -0.2) is 8.42 Å². The Hall–Kier alpha value is -3.36. The third-order valence-electron chi connectivity index (χ3n) is 7.20. The van der Waals surface area contributed by atoms with Gasteiger partial charge < -0.3 is 10.2 Å². The smallest absolute Gasteiger partial charge is 0.243 e. The van der Waals surface area contributed by atoms with Crippen molar-refractivity contribution in [2.24, 2.45) is 0 Å². The number of carbonyl (C=O) groups excluding carboxylic acids is 2. The average Bonchev–Trinajstić information content (AvgIpc) is 2.94. The van der Waals surface area contributed by atoms with Crippen molar-refractivity contribution in [2.75, 3.05) is 23.7 Å². The number of sulfonamides is 1. The van der Waals surface area contributed by atoms with E-state index in [1.807, 2.05) is 61.5 Å². The predicted molar refractivity (Wildman–Crippen MR) is 171 cm³/mol. The molecule has 7 nitrogen and oxygen atoms in total. The summed E-state index contributed by atoms with van der Waals surface area (Å²) in [6.07, 6.45) is 3.66. The molecule has 0 saturated heterocycles. The average molecular weight is 612 g/mol. The molecule has 0 saturated carbocycles. The SMILES string of the molecule is CCCCNC(=O)[C@@H](Cc1ccccc1)N(Cc1cccc(C)c1)C(=O)CCCN(c1cccc(Cl)c1C)S(C)(=O)=O. The first-order valence-corrected chi connectivity index (χ1v) is 16.6. The van der Waals surface area contributed by atoms with Crippen LogP contribution in [0.15, 0.2) is 72.8 Å². The van der Waals surface area contributed by atoms with Crippen molar-refractivity contribution < 1.29 is 18.0 Å². The van der Waals surface area contributed by atoms with Crippen LogP contribution in [0.4, 0.5) is 5.69 Å². The molecule has 42 heavy (non-hydrogen) atoms. The number of nitrogens with zero attached hydrogens (tertiary/aromatic N) is 2. The first-order chi connectivity index (χ1) is 20.0. The summed E-state index contributed by atoms with van der Waals surface area (Å²) in [5, 5.41) is 3.50.